The standard InChI is InChI=1S/C13H15BrN2S2/c14-9-5-6-17-13(9)12(16-15)11-7-8-3-1-2-4-10(8)18-11/h5-7,12,16H,1-4,15H2. The molecule has 2 aromatic rings. The Morgan fingerprint density at radius 1 is 1.33 bits per heavy atom. The van der Waals surface area contributed by atoms with Crippen LogP contribution in [0.15, 0.2) is 22.0 Å². The Morgan fingerprint density at radius 2 is 2.17 bits per heavy atom. The van der Waals surface area contributed by atoms with Crippen molar-refractivity contribution in [2.75, 3.05) is 0 Å². The Labute approximate surface area is 123 Å². The number of halogens is 1. The predicted molar refractivity (Wildman–Crippen MR) is 82.1 cm³/mol. The van der Waals surface area contributed by atoms with Gasteiger partial charge in [0.15, 0.2) is 0 Å². The van der Waals surface area contributed by atoms with Crippen LogP contribution in [0.25, 0.3) is 0 Å². The predicted octanol–water partition coefficient (Wildman–Crippen LogP) is 4.00. The van der Waals surface area contributed by atoms with Gasteiger partial charge in [0.2, 0.25) is 0 Å². The van der Waals surface area contributed by atoms with E-state index in [0.717, 1.165) is 4.47 Å². The summed E-state index contributed by atoms with van der Waals surface area (Å²) >= 11 is 7.25. The Morgan fingerprint density at radius 3 is 2.83 bits per heavy atom. The Balaban J connectivity index is 1.97. The maximum absolute atomic E-state index is 5.77. The summed E-state index contributed by atoms with van der Waals surface area (Å²) in [6.45, 7) is 0. The third kappa shape index (κ3) is 2.30. The van der Waals surface area contributed by atoms with Crippen molar-refractivity contribution in [3.8, 4) is 0 Å². The van der Waals surface area contributed by atoms with Crippen LogP contribution in [0.5, 0.6) is 0 Å². The summed E-state index contributed by atoms with van der Waals surface area (Å²) in [5, 5.41) is 2.09. The molecule has 0 amide bonds. The van der Waals surface area contributed by atoms with Crippen molar-refractivity contribution < 1.29 is 0 Å². The van der Waals surface area contributed by atoms with Crippen LogP contribution in [0.2, 0.25) is 0 Å². The number of hydrogen-bond donors (Lipinski definition) is 2. The fourth-order valence-electron chi connectivity index (χ4n) is 2.45. The first kappa shape index (κ1) is 12.8. The smallest absolute Gasteiger partial charge is 0.0905 e. The molecule has 2 aromatic heterocycles. The van der Waals surface area contributed by atoms with Crippen molar-refractivity contribution in [1.29, 1.82) is 0 Å². The number of nitrogens with one attached hydrogen (secondary N) is 1. The zero-order valence-electron chi connectivity index (χ0n) is 9.91. The first-order chi connectivity index (χ1) is 8.79. The van der Waals surface area contributed by atoms with E-state index in [1.807, 2.05) is 11.3 Å². The van der Waals surface area contributed by atoms with Crippen LogP contribution in [0.4, 0.5) is 0 Å². The van der Waals surface area contributed by atoms with Crippen LogP contribution in [-0.4, -0.2) is 0 Å². The Bertz CT molecular complexity index is 523. The summed E-state index contributed by atoms with van der Waals surface area (Å²) in [6, 6.07) is 4.54. The van der Waals surface area contributed by atoms with Gasteiger partial charge in [-0.15, -0.1) is 22.7 Å². The van der Waals surface area contributed by atoms with Crippen molar-refractivity contribution in [3.63, 3.8) is 0 Å². The van der Waals surface area contributed by atoms with Gasteiger partial charge in [0.1, 0.15) is 0 Å². The van der Waals surface area contributed by atoms with Gasteiger partial charge in [-0.3, -0.25) is 5.84 Å². The van der Waals surface area contributed by atoms with Gasteiger partial charge >= 0.3 is 0 Å². The third-order valence-corrected chi connectivity index (χ3v) is 6.61. The molecule has 96 valence electrons. The molecule has 0 fully saturated rings. The van der Waals surface area contributed by atoms with Crippen LogP contribution in [0.3, 0.4) is 0 Å². The van der Waals surface area contributed by atoms with Crippen molar-refractivity contribution in [1.82, 2.24) is 5.43 Å². The fraction of sp³-hybridized carbons (Fsp3) is 0.385. The number of thiophene rings is 2. The lowest BCUT2D eigenvalue weighted by Crippen LogP contribution is -2.27. The van der Waals surface area contributed by atoms with Crippen molar-refractivity contribution >= 4 is 38.6 Å². The molecular weight excluding hydrogens is 328 g/mol. The molecule has 3 N–H and O–H groups in total. The lowest BCUT2D eigenvalue weighted by atomic mass is 9.99. The second-order valence-corrected chi connectivity index (χ2v) is 7.51. The minimum absolute atomic E-state index is 0.120. The van der Waals surface area contributed by atoms with E-state index < -0.39 is 0 Å². The van der Waals surface area contributed by atoms with Gasteiger partial charge in [0.05, 0.1) is 6.04 Å². The molecular formula is C13H15BrN2S2. The largest absolute Gasteiger partial charge is 0.271 e. The number of hydrogen-bond acceptors (Lipinski definition) is 4. The molecule has 1 atom stereocenters. The summed E-state index contributed by atoms with van der Waals surface area (Å²) in [7, 11) is 0. The molecule has 0 saturated carbocycles. The molecule has 0 radical (unpaired) electrons. The zero-order chi connectivity index (χ0) is 12.5. The molecule has 0 aromatic carbocycles. The van der Waals surface area contributed by atoms with Crippen LogP contribution in [-0.2, 0) is 12.8 Å². The Kier molecular flexibility index (Phi) is 3.86. The number of rotatable bonds is 3. The lowest BCUT2D eigenvalue weighted by Gasteiger charge is -2.13. The maximum Gasteiger partial charge on any atom is 0.0905 e. The zero-order valence-corrected chi connectivity index (χ0v) is 13.1. The second kappa shape index (κ2) is 5.43. The SMILES string of the molecule is NNC(c1cc2c(s1)CCCC2)c1sccc1Br. The van der Waals surface area contributed by atoms with E-state index in [4.69, 9.17) is 5.84 Å². The van der Waals surface area contributed by atoms with Gasteiger partial charge in [-0.05, 0) is 64.7 Å². The summed E-state index contributed by atoms with van der Waals surface area (Å²) in [5.41, 5.74) is 4.50. The van der Waals surface area contributed by atoms with Crippen LogP contribution < -0.4 is 11.3 Å². The van der Waals surface area contributed by atoms with Gasteiger partial charge in [-0.2, -0.15) is 0 Å². The number of hydrazine groups is 1. The maximum atomic E-state index is 5.77. The molecule has 0 spiro atoms. The minimum Gasteiger partial charge on any atom is -0.271 e. The lowest BCUT2D eigenvalue weighted by molar-refractivity contribution is 0.653. The molecule has 3 rings (SSSR count). The minimum atomic E-state index is 0.120. The summed E-state index contributed by atoms with van der Waals surface area (Å²) < 4.78 is 1.14. The van der Waals surface area contributed by atoms with Gasteiger partial charge in [-0.1, -0.05) is 0 Å². The molecule has 1 aliphatic rings. The third-order valence-electron chi connectivity index (χ3n) is 3.37. The average Bonchev–Trinajstić information content (AvgIpc) is 2.97. The molecule has 18 heavy (non-hydrogen) atoms. The van der Waals surface area contributed by atoms with Crippen LogP contribution in [0.1, 0.15) is 39.1 Å². The highest BCUT2D eigenvalue weighted by atomic mass is 79.9. The fourth-order valence-corrected chi connectivity index (χ4v) is 5.54. The van der Waals surface area contributed by atoms with Crippen molar-refractivity contribution in [2.24, 2.45) is 5.84 Å². The molecule has 0 saturated heterocycles. The van der Waals surface area contributed by atoms with Gasteiger partial charge in [0, 0.05) is 19.1 Å². The average molecular weight is 343 g/mol. The highest BCUT2D eigenvalue weighted by Crippen LogP contribution is 2.38. The van der Waals surface area contributed by atoms with Gasteiger partial charge < -0.3 is 0 Å². The van der Waals surface area contributed by atoms with E-state index in [1.165, 1.54) is 41.0 Å². The Hall–Kier alpha value is -0.200. The van der Waals surface area contributed by atoms with Gasteiger partial charge in [-0.25, -0.2) is 5.43 Å². The monoisotopic (exact) mass is 342 g/mol. The van der Waals surface area contributed by atoms with E-state index in [0.29, 0.717) is 0 Å². The summed E-state index contributed by atoms with van der Waals surface area (Å²) in [4.78, 5) is 4.16. The topological polar surface area (TPSA) is 38.0 Å². The molecule has 0 bridgehead atoms. The second-order valence-electron chi connectivity index (χ2n) is 4.54. The number of nitrogens with two attached hydrogens (primary N) is 1. The normalized spacial score (nSPS) is 16.6. The van der Waals surface area contributed by atoms with E-state index in [9.17, 15) is 0 Å². The van der Waals surface area contributed by atoms with Crippen molar-refractivity contribution in [3.05, 3.63) is 42.2 Å². The van der Waals surface area contributed by atoms with E-state index >= 15 is 0 Å². The highest BCUT2D eigenvalue weighted by molar-refractivity contribution is 9.10. The summed E-state index contributed by atoms with van der Waals surface area (Å²) in [6.07, 6.45) is 5.13. The van der Waals surface area contributed by atoms with Crippen molar-refractivity contribution in [2.45, 2.75) is 31.7 Å². The quantitative estimate of drug-likeness (QED) is 0.653. The van der Waals surface area contributed by atoms with Crippen LogP contribution >= 0.6 is 38.6 Å². The van der Waals surface area contributed by atoms with E-state index in [-0.39, 0.29) is 6.04 Å². The first-order valence-corrected chi connectivity index (χ1v) is 8.59. The first-order valence-electron chi connectivity index (χ1n) is 6.10. The number of aryl methyl sites for hydroxylation is 2. The molecule has 1 unspecified atom stereocenters. The van der Waals surface area contributed by atoms with E-state index in [2.05, 4.69) is 38.9 Å². The highest BCUT2D eigenvalue weighted by Gasteiger charge is 2.22. The number of fused-ring (bicyclic) bond motifs is 1. The molecule has 2 nitrogen and oxygen atoms in total. The van der Waals surface area contributed by atoms with E-state index in [1.54, 1.807) is 16.2 Å². The summed E-state index contributed by atoms with van der Waals surface area (Å²) in [5.74, 6) is 5.77. The molecule has 0 aliphatic heterocycles. The molecule has 2 heterocycles. The molecule has 5 heteroatoms. The van der Waals surface area contributed by atoms with Crippen LogP contribution in [0, 0.1) is 0 Å². The molecule has 1 aliphatic carbocycles. The van der Waals surface area contributed by atoms with Gasteiger partial charge in [0.25, 0.3) is 0 Å².